The fourth-order valence-electron chi connectivity index (χ4n) is 1.10. The highest BCUT2D eigenvalue weighted by molar-refractivity contribution is 5.72. The molecule has 0 amide bonds. The maximum Gasteiger partial charge on any atom is 0.144 e. The molecule has 0 unspecified atom stereocenters. The zero-order valence-electron chi connectivity index (χ0n) is 8.15. The van der Waals surface area contributed by atoms with Gasteiger partial charge >= 0.3 is 0 Å². The van der Waals surface area contributed by atoms with Gasteiger partial charge in [-0.25, -0.2) is 0 Å². The first-order valence-corrected chi connectivity index (χ1v) is 4.18. The fourth-order valence-corrected chi connectivity index (χ4v) is 1.10. The molecule has 3 heteroatoms. The summed E-state index contributed by atoms with van der Waals surface area (Å²) in [5.41, 5.74) is -0.387. The van der Waals surface area contributed by atoms with Gasteiger partial charge in [-0.3, -0.25) is 0 Å². The number of aldehydes is 1. The van der Waals surface area contributed by atoms with Crippen molar-refractivity contribution in [1.82, 2.24) is 0 Å². The van der Waals surface area contributed by atoms with Gasteiger partial charge in [0, 0.05) is 0 Å². The first-order chi connectivity index (χ1) is 6.66. The van der Waals surface area contributed by atoms with Crippen LogP contribution < -0.4 is 4.74 Å². The van der Waals surface area contributed by atoms with E-state index in [4.69, 9.17) is 10.00 Å². The number of rotatable bonds is 3. The lowest BCUT2D eigenvalue weighted by Gasteiger charge is -2.14. The summed E-state index contributed by atoms with van der Waals surface area (Å²) < 4.78 is 4.98. The second kappa shape index (κ2) is 3.93. The van der Waals surface area contributed by atoms with E-state index in [0.717, 1.165) is 0 Å². The first kappa shape index (κ1) is 10.3. The van der Waals surface area contributed by atoms with Crippen molar-refractivity contribution in [2.75, 3.05) is 7.11 Å². The van der Waals surface area contributed by atoms with E-state index >= 15 is 0 Å². The van der Waals surface area contributed by atoms with Gasteiger partial charge in [0.15, 0.2) is 0 Å². The number of nitriles is 1. The quantitative estimate of drug-likeness (QED) is 0.679. The minimum Gasteiger partial charge on any atom is -0.497 e. The van der Waals surface area contributed by atoms with E-state index in [1.807, 2.05) is 6.07 Å². The van der Waals surface area contributed by atoms with E-state index < -0.39 is 5.41 Å². The minimum absolute atomic E-state index is 0.648. The van der Waals surface area contributed by atoms with Crippen LogP contribution in [0.5, 0.6) is 5.75 Å². The average Bonchev–Trinajstić information content (AvgIpc) is 2.28. The molecule has 72 valence electrons. The molecule has 1 aromatic carbocycles. The highest BCUT2D eigenvalue weighted by Gasteiger charge is 2.25. The maximum absolute atomic E-state index is 10.8. The number of hydrogen-bond acceptors (Lipinski definition) is 3. The van der Waals surface area contributed by atoms with Crippen molar-refractivity contribution in [3.63, 3.8) is 0 Å². The topological polar surface area (TPSA) is 50.1 Å². The van der Waals surface area contributed by atoms with Gasteiger partial charge in [-0.15, -0.1) is 0 Å². The summed E-state index contributed by atoms with van der Waals surface area (Å²) in [5, 5.41) is 8.85. The SMILES string of the molecule is COc1ccc([C@@](C)(C#N)C=O)cc1. The van der Waals surface area contributed by atoms with Gasteiger partial charge in [0.05, 0.1) is 13.2 Å². The van der Waals surface area contributed by atoms with Crippen molar-refractivity contribution in [2.45, 2.75) is 12.3 Å². The van der Waals surface area contributed by atoms with Gasteiger partial charge in [0.2, 0.25) is 0 Å². The Balaban J connectivity index is 3.09. The molecule has 0 aliphatic rings. The van der Waals surface area contributed by atoms with E-state index in [1.54, 1.807) is 38.3 Å². The number of hydrogen-bond donors (Lipinski definition) is 0. The van der Waals surface area contributed by atoms with E-state index in [0.29, 0.717) is 17.6 Å². The summed E-state index contributed by atoms with van der Waals surface area (Å²) in [7, 11) is 1.57. The molecule has 1 atom stereocenters. The summed E-state index contributed by atoms with van der Waals surface area (Å²) in [6.07, 6.45) is 0.648. The third-order valence-corrected chi connectivity index (χ3v) is 2.16. The van der Waals surface area contributed by atoms with Gasteiger partial charge in [0.25, 0.3) is 0 Å². The largest absolute Gasteiger partial charge is 0.497 e. The van der Waals surface area contributed by atoms with E-state index in [1.165, 1.54) is 0 Å². The lowest BCUT2D eigenvalue weighted by Crippen LogP contribution is -2.20. The first-order valence-electron chi connectivity index (χ1n) is 4.18. The number of carbonyl (C=O) groups is 1. The Labute approximate surface area is 82.9 Å². The molecule has 0 N–H and O–H groups in total. The zero-order chi connectivity index (χ0) is 10.6. The van der Waals surface area contributed by atoms with Gasteiger partial charge in [0.1, 0.15) is 17.5 Å². The summed E-state index contributed by atoms with van der Waals surface area (Å²) in [4.78, 5) is 10.8. The molecule has 0 fully saturated rings. The molecule has 0 bridgehead atoms. The Morgan fingerprint density at radius 2 is 2.00 bits per heavy atom. The molecule has 0 radical (unpaired) electrons. The van der Waals surface area contributed by atoms with Crippen LogP contribution >= 0.6 is 0 Å². The average molecular weight is 189 g/mol. The van der Waals surface area contributed by atoms with Crippen LogP contribution in [0.2, 0.25) is 0 Å². The predicted octanol–water partition coefficient (Wildman–Crippen LogP) is 1.68. The summed E-state index contributed by atoms with van der Waals surface area (Å²) in [6.45, 7) is 1.59. The van der Waals surface area contributed by atoms with Gasteiger partial charge in [-0.2, -0.15) is 5.26 Å². The molecule has 1 rings (SSSR count). The molecule has 0 aliphatic heterocycles. The monoisotopic (exact) mass is 189 g/mol. The minimum atomic E-state index is -1.06. The summed E-state index contributed by atoms with van der Waals surface area (Å²) in [6, 6.07) is 8.87. The molecular weight excluding hydrogens is 178 g/mol. The van der Waals surface area contributed by atoms with E-state index in [2.05, 4.69) is 0 Å². The standard InChI is InChI=1S/C11H11NO2/c1-11(7-12,8-13)9-3-5-10(14-2)6-4-9/h3-6,8H,1-2H3/t11-/m0/s1. The van der Waals surface area contributed by atoms with Crippen molar-refractivity contribution in [1.29, 1.82) is 5.26 Å². The number of ether oxygens (including phenoxy) is 1. The van der Waals surface area contributed by atoms with Crippen LogP contribution in [0.4, 0.5) is 0 Å². The van der Waals surface area contributed by atoms with E-state index in [9.17, 15) is 4.79 Å². The van der Waals surface area contributed by atoms with Crippen LogP contribution in [0, 0.1) is 11.3 Å². The van der Waals surface area contributed by atoms with Crippen molar-refractivity contribution >= 4 is 6.29 Å². The lowest BCUT2D eigenvalue weighted by molar-refractivity contribution is -0.110. The van der Waals surface area contributed by atoms with Gasteiger partial charge < -0.3 is 9.53 Å². The maximum atomic E-state index is 10.8. The molecule has 14 heavy (non-hydrogen) atoms. The molecular formula is C11H11NO2. The summed E-state index contributed by atoms with van der Waals surface area (Å²) in [5.74, 6) is 0.708. The molecule has 0 spiro atoms. The second-order valence-corrected chi connectivity index (χ2v) is 3.16. The number of methoxy groups -OCH3 is 1. The molecule has 0 aliphatic carbocycles. The van der Waals surface area contributed by atoms with Crippen LogP contribution in [0.15, 0.2) is 24.3 Å². The highest BCUT2D eigenvalue weighted by atomic mass is 16.5. The third kappa shape index (κ3) is 1.74. The van der Waals surface area contributed by atoms with Crippen LogP contribution in [0.3, 0.4) is 0 Å². The zero-order valence-corrected chi connectivity index (χ0v) is 8.15. The Morgan fingerprint density at radius 3 is 2.36 bits per heavy atom. The molecule has 1 aromatic rings. The fraction of sp³-hybridized carbons (Fsp3) is 0.273. The van der Waals surface area contributed by atoms with Crippen LogP contribution in [0.25, 0.3) is 0 Å². The molecule has 0 saturated heterocycles. The van der Waals surface area contributed by atoms with Gasteiger partial charge in [-0.1, -0.05) is 12.1 Å². The lowest BCUT2D eigenvalue weighted by atomic mass is 9.86. The van der Waals surface area contributed by atoms with Crippen molar-refractivity contribution in [3.05, 3.63) is 29.8 Å². The Bertz CT molecular complexity index is 364. The Kier molecular flexibility index (Phi) is 2.88. The normalized spacial score (nSPS) is 13.8. The van der Waals surface area contributed by atoms with Gasteiger partial charge in [-0.05, 0) is 24.6 Å². The molecule has 0 heterocycles. The molecule has 3 nitrogen and oxygen atoms in total. The smallest absolute Gasteiger partial charge is 0.144 e. The summed E-state index contributed by atoms with van der Waals surface area (Å²) >= 11 is 0. The van der Waals surface area contributed by atoms with Crippen molar-refractivity contribution in [2.24, 2.45) is 0 Å². The Hall–Kier alpha value is -1.82. The second-order valence-electron chi connectivity index (χ2n) is 3.16. The predicted molar refractivity (Wildman–Crippen MR) is 52.0 cm³/mol. The third-order valence-electron chi connectivity index (χ3n) is 2.16. The van der Waals surface area contributed by atoms with Crippen LogP contribution in [0.1, 0.15) is 12.5 Å². The number of carbonyl (C=O) groups excluding carboxylic acids is 1. The number of benzene rings is 1. The van der Waals surface area contributed by atoms with E-state index in [-0.39, 0.29) is 0 Å². The highest BCUT2D eigenvalue weighted by Crippen LogP contribution is 2.22. The Morgan fingerprint density at radius 1 is 1.43 bits per heavy atom. The molecule has 0 saturated carbocycles. The van der Waals surface area contributed by atoms with Crippen LogP contribution in [-0.2, 0) is 10.2 Å². The molecule has 0 aromatic heterocycles. The van der Waals surface area contributed by atoms with Crippen LogP contribution in [-0.4, -0.2) is 13.4 Å². The van der Waals surface area contributed by atoms with Crippen molar-refractivity contribution < 1.29 is 9.53 Å². The number of nitrogens with zero attached hydrogens (tertiary/aromatic N) is 1. The van der Waals surface area contributed by atoms with Crippen molar-refractivity contribution in [3.8, 4) is 11.8 Å².